The van der Waals surface area contributed by atoms with Crippen LogP contribution in [-0.4, -0.2) is 22.5 Å². The van der Waals surface area contributed by atoms with Gasteiger partial charge in [-0.25, -0.2) is 4.98 Å². The van der Waals surface area contributed by atoms with Crippen LogP contribution in [0.1, 0.15) is 15.9 Å². The highest BCUT2D eigenvalue weighted by Crippen LogP contribution is 2.33. The summed E-state index contributed by atoms with van der Waals surface area (Å²) in [6.07, 6.45) is 2.59. The second-order valence-corrected chi connectivity index (χ2v) is 5.94. The standard InChI is InChI=1S/C20H17N3O2/c24-17-8-6-16(7-9-17)22-20(25)15-5-10-19(21-13-15)23-12-11-14-3-1-2-4-18(14)23/h1-10,13,24H,11-12H2,(H,22,25). The van der Waals surface area contributed by atoms with E-state index in [2.05, 4.69) is 27.3 Å². The van der Waals surface area contributed by atoms with Crippen LogP contribution in [0.4, 0.5) is 17.2 Å². The smallest absolute Gasteiger partial charge is 0.257 e. The van der Waals surface area contributed by atoms with Gasteiger partial charge in [-0.15, -0.1) is 0 Å². The van der Waals surface area contributed by atoms with Crippen LogP contribution in [0.15, 0.2) is 66.9 Å². The largest absolute Gasteiger partial charge is 0.508 e. The Balaban J connectivity index is 1.50. The van der Waals surface area contributed by atoms with Crippen LogP contribution in [0.25, 0.3) is 0 Å². The minimum Gasteiger partial charge on any atom is -0.508 e. The van der Waals surface area contributed by atoms with Crippen molar-refractivity contribution >= 4 is 23.1 Å². The van der Waals surface area contributed by atoms with Crippen LogP contribution in [0.5, 0.6) is 5.75 Å². The molecule has 0 radical (unpaired) electrons. The lowest BCUT2D eigenvalue weighted by atomic mass is 10.2. The molecule has 124 valence electrons. The third kappa shape index (κ3) is 3.04. The average molecular weight is 331 g/mol. The fourth-order valence-electron chi connectivity index (χ4n) is 3.00. The summed E-state index contributed by atoms with van der Waals surface area (Å²) < 4.78 is 0. The second-order valence-electron chi connectivity index (χ2n) is 5.94. The van der Waals surface area contributed by atoms with Gasteiger partial charge in [0.1, 0.15) is 11.6 Å². The Hall–Kier alpha value is -3.34. The highest BCUT2D eigenvalue weighted by molar-refractivity contribution is 6.04. The van der Waals surface area contributed by atoms with Crippen molar-refractivity contribution in [3.05, 3.63) is 78.0 Å². The summed E-state index contributed by atoms with van der Waals surface area (Å²) >= 11 is 0. The maximum atomic E-state index is 12.3. The molecule has 0 unspecified atom stereocenters. The van der Waals surface area contributed by atoms with E-state index in [0.717, 1.165) is 18.8 Å². The molecule has 0 saturated heterocycles. The summed E-state index contributed by atoms with van der Waals surface area (Å²) in [5.74, 6) is 0.771. The van der Waals surface area contributed by atoms with Crippen LogP contribution in [-0.2, 0) is 6.42 Å². The van der Waals surface area contributed by atoms with Crippen molar-refractivity contribution in [2.45, 2.75) is 6.42 Å². The van der Waals surface area contributed by atoms with Gasteiger partial charge in [-0.3, -0.25) is 4.79 Å². The minimum atomic E-state index is -0.230. The highest BCUT2D eigenvalue weighted by atomic mass is 16.3. The third-order valence-electron chi connectivity index (χ3n) is 4.30. The first-order valence-electron chi connectivity index (χ1n) is 8.12. The lowest BCUT2D eigenvalue weighted by molar-refractivity contribution is 0.102. The van der Waals surface area contributed by atoms with Crippen LogP contribution < -0.4 is 10.2 Å². The predicted molar refractivity (Wildman–Crippen MR) is 97.4 cm³/mol. The molecule has 1 aliphatic heterocycles. The molecular formula is C20H17N3O2. The molecule has 25 heavy (non-hydrogen) atoms. The van der Waals surface area contributed by atoms with E-state index in [4.69, 9.17) is 0 Å². The predicted octanol–water partition coefficient (Wildman–Crippen LogP) is 3.73. The molecular weight excluding hydrogens is 314 g/mol. The van der Waals surface area contributed by atoms with Gasteiger partial charge >= 0.3 is 0 Å². The van der Waals surface area contributed by atoms with Gasteiger partial charge in [0, 0.05) is 24.1 Å². The molecule has 2 aromatic carbocycles. The zero-order valence-corrected chi connectivity index (χ0v) is 13.5. The maximum absolute atomic E-state index is 12.3. The SMILES string of the molecule is O=C(Nc1ccc(O)cc1)c1ccc(N2CCc3ccccc32)nc1. The number of hydrogen-bond acceptors (Lipinski definition) is 4. The van der Waals surface area contributed by atoms with Crippen LogP contribution in [0, 0.1) is 0 Å². The Kier molecular flexibility index (Phi) is 3.82. The molecule has 0 spiro atoms. The number of aromatic nitrogens is 1. The first kappa shape index (κ1) is 15.2. The zero-order chi connectivity index (χ0) is 17.2. The van der Waals surface area contributed by atoms with Gasteiger partial charge in [0.25, 0.3) is 5.91 Å². The number of carbonyl (C=O) groups is 1. The van der Waals surface area contributed by atoms with E-state index >= 15 is 0 Å². The van der Waals surface area contributed by atoms with E-state index in [1.54, 1.807) is 24.4 Å². The van der Waals surface area contributed by atoms with E-state index < -0.39 is 0 Å². The first-order valence-corrected chi connectivity index (χ1v) is 8.12. The van der Waals surface area contributed by atoms with Gasteiger partial charge < -0.3 is 15.3 Å². The number of aromatic hydroxyl groups is 1. The van der Waals surface area contributed by atoms with E-state index in [9.17, 15) is 9.90 Å². The fraction of sp³-hybridized carbons (Fsp3) is 0.100. The summed E-state index contributed by atoms with van der Waals surface area (Å²) in [5, 5.41) is 12.1. The lowest BCUT2D eigenvalue weighted by Crippen LogP contribution is -2.16. The summed E-state index contributed by atoms with van der Waals surface area (Å²) in [5.41, 5.74) is 3.61. The molecule has 0 saturated carbocycles. The monoisotopic (exact) mass is 331 g/mol. The number of rotatable bonds is 3. The molecule has 2 N–H and O–H groups in total. The Labute approximate surface area is 145 Å². The quantitative estimate of drug-likeness (QED) is 0.718. The molecule has 1 aromatic heterocycles. The van der Waals surface area contributed by atoms with E-state index in [1.807, 2.05) is 18.2 Å². The number of carbonyl (C=O) groups excluding carboxylic acids is 1. The number of amides is 1. The second kappa shape index (κ2) is 6.28. The third-order valence-corrected chi connectivity index (χ3v) is 4.30. The summed E-state index contributed by atoms with van der Waals surface area (Å²) in [4.78, 5) is 18.9. The molecule has 0 fully saturated rings. The molecule has 1 amide bonds. The number of anilines is 3. The Morgan fingerprint density at radius 1 is 1.04 bits per heavy atom. The van der Waals surface area contributed by atoms with E-state index in [-0.39, 0.29) is 11.7 Å². The molecule has 1 aliphatic rings. The number of benzene rings is 2. The number of pyridine rings is 1. The van der Waals surface area contributed by atoms with Gasteiger partial charge in [0.05, 0.1) is 5.56 Å². The van der Waals surface area contributed by atoms with Gasteiger partial charge in [-0.2, -0.15) is 0 Å². The fourth-order valence-corrected chi connectivity index (χ4v) is 3.00. The minimum absolute atomic E-state index is 0.162. The number of para-hydroxylation sites is 1. The average Bonchev–Trinajstić information content (AvgIpc) is 3.08. The Morgan fingerprint density at radius 2 is 1.84 bits per heavy atom. The number of phenols is 1. The van der Waals surface area contributed by atoms with Crippen molar-refractivity contribution in [2.75, 3.05) is 16.8 Å². The normalized spacial score (nSPS) is 12.7. The van der Waals surface area contributed by atoms with Gasteiger partial charge in [-0.05, 0) is 54.4 Å². The van der Waals surface area contributed by atoms with Gasteiger partial charge in [0.15, 0.2) is 0 Å². The molecule has 0 aliphatic carbocycles. The van der Waals surface area contributed by atoms with Crippen LogP contribution >= 0.6 is 0 Å². The van der Waals surface area contributed by atoms with Crippen molar-refractivity contribution < 1.29 is 9.90 Å². The van der Waals surface area contributed by atoms with Crippen molar-refractivity contribution in [1.29, 1.82) is 0 Å². The van der Waals surface area contributed by atoms with Crippen molar-refractivity contribution in [3.8, 4) is 5.75 Å². The number of fused-ring (bicyclic) bond motifs is 1. The van der Waals surface area contributed by atoms with Crippen molar-refractivity contribution in [2.24, 2.45) is 0 Å². The molecule has 0 bridgehead atoms. The molecule has 0 atom stereocenters. The van der Waals surface area contributed by atoms with Crippen molar-refractivity contribution in [1.82, 2.24) is 4.98 Å². The molecule has 5 nitrogen and oxygen atoms in total. The Bertz CT molecular complexity index is 905. The molecule has 3 aromatic rings. The summed E-state index contributed by atoms with van der Waals surface area (Å²) in [7, 11) is 0. The van der Waals surface area contributed by atoms with E-state index in [1.165, 1.54) is 23.4 Å². The van der Waals surface area contributed by atoms with Crippen LogP contribution in [0.2, 0.25) is 0 Å². The van der Waals surface area contributed by atoms with E-state index in [0.29, 0.717) is 11.3 Å². The number of nitrogens with zero attached hydrogens (tertiary/aromatic N) is 2. The summed E-state index contributed by atoms with van der Waals surface area (Å²) in [6, 6.07) is 18.3. The molecule has 2 heterocycles. The lowest BCUT2D eigenvalue weighted by Gasteiger charge is -2.18. The van der Waals surface area contributed by atoms with Crippen molar-refractivity contribution in [3.63, 3.8) is 0 Å². The molecule has 5 heteroatoms. The number of nitrogens with one attached hydrogen (secondary N) is 1. The maximum Gasteiger partial charge on any atom is 0.257 e. The summed E-state index contributed by atoms with van der Waals surface area (Å²) in [6.45, 7) is 0.894. The van der Waals surface area contributed by atoms with Gasteiger partial charge in [0.2, 0.25) is 0 Å². The van der Waals surface area contributed by atoms with Gasteiger partial charge in [-0.1, -0.05) is 18.2 Å². The number of phenolic OH excluding ortho intramolecular Hbond substituents is 1. The topological polar surface area (TPSA) is 65.5 Å². The van der Waals surface area contributed by atoms with Crippen LogP contribution in [0.3, 0.4) is 0 Å². The zero-order valence-electron chi connectivity index (χ0n) is 13.5. The highest BCUT2D eigenvalue weighted by Gasteiger charge is 2.20. The Morgan fingerprint density at radius 3 is 2.60 bits per heavy atom. The molecule has 4 rings (SSSR count). The number of hydrogen-bond donors (Lipinski definition) is 2. The first-order chi connectivity index (χ1) is 12.2.